The maximum atomic E-state index is 10.6. The Morgan fingerprint density at radius 3 is 2.52 bits per heavy atom. The number of likely N-dealkylation sites (tertiary alicyclic amines) is 1. The third-order valence-corrected chi connectivity index (χ3v) is 6.34. The zero-order valence-corrected chi connectivity index (χ0v) is 17.1. The van der Waals surface area contributed by atoms with Crippen molar-refractivity contribution >= 4 is 0 Å². The lowest BCUT2D eigenvalue weighted by Gasteiger charge is -2.46. The van der Waals surface area contributed by atoms with E-state index >= 15 is 0 Å². The van der Waals surface area contributed by atoms with Gasteiger partial charge >= 0.3 is 0 Å². The van der Waals surface area contributed by atoms with E-state index in [2.05, 4.69) is 77.5 Å². The van der Waals surface area contributed by atoms with Crippen molar-refractivity contribution in [3.63, 3.8) is 0 Å². The van der Waals surface area contributed by atoms with Crippen LogP contribution in [0.4, 0.5) is 0 Å². The van der Waals surface area contributed by atoms with Gasteiger partial charge in [0.05, 0.1) is 0 Å². The predicted molar refractivity (Wildman–Crippen MR) is 118 cm³/mol. The second kappa shape index (κ2) is 9.34. The molecule has 1 aromatic heterocycles. The third kappa shape index (κ3) is 4.26. The van der Waals surface area contributed by atoms with Crippen LogP contribution in [0.2, 0.25) is 0 Å². The molecule has 3 heteroatoms. The number of nitrogens with zero attached hydrogens (tertiary/aromatic N) is 2. The molecule has 1 fully saturated rings. The Hall–Kier alpha value is -2.49. The van der Waals surface area contributed by atoms with Gasteiger partial charge in [-0.2, -0.15) is 0 Å². The summed E-state index contributed by atoms with van der Waals surface area (Å²) in [5, 5.41) is 10.6. The lowest BCUT2D eigenvalue weighted by Crippen LogP contribution is -2.43. The van der Waals surface area contributed by atoms with Gasteiger partial charge in [-0.3, -0.25) is 9.88 Å². The van der Waals surface area contributed by atoms with Crippen LogP contribution in [-0.4, -0.2) is 28.1 Å². The zero-order valence-electron chi connectivity index (χ0n) is 17.1. The predicted octanol–water partition coefficient (Wildman–Crippen LogP) is 4.98. The Morgan fingerprint density at radius 2 is 1.79 bits per heavy atom. The number of benzene rings is 2. The number of hydrogen-bond donors (Lipinski definition) is 1. The smallest absolute Gasteiger partial charge is 0.0483 e. The maximum absolute atomic E-state index is 10.6. The van der Waals surface area contributed by atoms with Crippen molar-refractivity contribution in [1.82, 2.24) is 9.88 Å². The molecule has 3 nitrogen and oxygen atoms in total. The molecule has 1 saturated heterocycles. The molecule has 0 spiro atoms. The fourth-order valence-corrected chi connectivity index (χ4v) is 4.99. The first-order chi connectivity index (χ1) is 14.3. The average molecular weight is 387 g/mol. The van der Waals surface area contributed by atoms with Crippen LogP contribution >= 0.6 is 0 Å². The molecule has 0 bridgehead atoms. The minimum Gasteiger partial charge on any atom is -0.396 e. The zero-order chi connectivity index (χ0) is 20.1. The highest BCUT2D eigenvalue weighted by molar-refractivity contribution is 5.33. The molecule has 4 rings (SSSR count). The van der Waals surface area contributed by atoms with Crippen molar-refractivity contribution in [3.05, 3.63) is 101 Å². The lowest BCUT2D eigenvalue weighted by atomic mass is 9.72. The van der Waals surface area contributed by atoms with Crippen molar-refractivity contribution < 1.29 is 5.11 Å². The molecular formula is C26H30N2O. The number of aliphatic hydroxyl groups is 1. The summed E-state index contributed by atoms with van der Waals surface area (Å²) in [6, 6.07) is 23.8. The topological polar surface area (TPSA) is 36.4 Å². The van der Waals surface area contributed by atoms with E-state index in [9.17, 15) is 5.11 Å². The number of pyridine rings is 1. The van der Waals surface area contributed by atoms with Crippen LogP contribution in [0.1, 0.15) is 47.6 Å². The number of aryl methyl sites for hydroxylation is 1. The van der Waals surface area contributed by atoms with E-state index in [1.807, 2.05) is 18.5 Å². The molecule has 150 valence electrons. The van der Waals surface area contributed by atoms with Crippen molar-refractivity contribution in [2.24, 2.45) is 5.92 Å². The number of aliphatic hydroxyl groups excluding tert-OH is 1. The van der Waals surface area contributed by atoms with E-state index < -0.39 is 0 Å². The van der Waals surface area contributed by atoms with E-state index in [0.717, 1.165) is 25.9 Å². The monoisotopic (exact) mass is 386 g/mol. The second-order valence-electron chi connectivity index (χ2n) is 7.98. The van der Waals surface area contributed by atoms with Gasteiger partial charge < -0.3 is 5.11 Å². The summed E-state index contributed by atoms with van der Waals surface area (Å²) in [6.07, 6.45) is 5.86. The molecule has 0 amide bonds. The van der Waals surface area contributed by atoms with Crippen molar-refractivity contribution in [2.45, 2.75) is 38.3 Å². The summed E-state index contributed by atoms with van der Waals surface area (Å²) >= 11 is 0. The SMILES string of the molecule is CCc1ccccc1[C@@H]1CCN(Cc2cccnc2)[C@@H](c2ccccc2)[C@H]1CO. The molecule has 3 aromatic rings. The van der Waals surface area contributed by atoms with Gasteiger partial charge in [0, 0.05) is 37.5 Å². The van der Waals surface area contributed by atoms with Crippen molar-refractivity contribution in [3.8, 4) is 0 Å². The molecule has 0 saturated carbocycles. The molecule has 0 unspecified atom stereocenters. The van der Waals surface area contributed by atoms with Crippen LogP contribution in [0, 0.1) is 5.92 Å². The van der Waals surface area contributed by atoms with Gasteiger partial charge in [0.15, 0.2) is 0 Å². The quantitative estimate of drug-likeness (QED) is 0.649. The molecule has 2 aromatic carbocycles. The molecule has 1 N–H and O–H groups in total. The highest BCUT2D eigenvalue weighted by atomic mass is 16.3. The molecule has 1 aliphatic rings. The van der Waals surface area contributed by atoms with E-state index in [1.54, 1.807) is 0 Å². The van der Waals surface area contributed by atoms with Crippen LogP contribution in [0.25, 0.3) is 0 Å². The Morgan fingerprint density at radius 1 is 1.00 bits per heavy atom. The number of rotatable bonds is 6. The van der Waals surface area contributed by atoms with Crippen molar-refractivity contribution in [2.75, 3.05) is 13.2 Å². The summed E-state index contributed by atoms with van der Waals surface area (Å²) in [4.78, 5) is 6.82. The lowest BCUT2D eigenvalue weighted by molar-refractivity contribution is 0.0331. The van der Waals surface area contributed by atoms with Crippen LogP contribution in [0.15, 0.2) is 79.1 Å². The van der Waals surface area contributed by atoms with Gasteiger partial charge in [-0.15, -0.1) is 0 Å². The van der Waals surface area contributed by atoms with Gasteiger partial charge in [0.1, 0.15) is 0 Å². The molecule has 1 aliphatic heterocycles. The summed E-state index contributed by atoms with van der Waals surface area (Å²) in [5.74, 6) is 0.530. The third-order valence-electron chi connectivity index (χ3n) is 6.34. The van der Waals surface area contributed by atoms with Crippen LogP contribution < -0.4 is 0 Å². The van der Waals surface area contributed by atoms with E-state index in [0.29, 0.717) is 5.92 Å². The van der Waals surface area contributed by atoms with Crippen LogP contribution in [-0.2, 0) is 13.0 Å². The first-order valence-corrected chi connectivity index (χ1v) is 10.7. The number of piperidine rings is 1. The van der Waals surface area contributed by atoms with Crippen LogP contribution in [0.3, 0.4) is 0 Å². The van der Waals surface area contributed by atoms with Crippen molar-refractivity contribution in [1.29, 1.82) is 0 Å². The van der Waals surface area contributed by atoms with Crippen LogP contribution in [0.5, 0.6) is 0 Å². The van der Waals surface area contributed by atoms with Gasteiger partial charge in [0.2, 0.25) is 0 Å². The summed E-state index contributed by atoms with van der Waals surface area (Å²) in [5.41, 5.74) is 5.33. The standard InChI is InChI=1S/C26H30N2O/c1-2-21-10-6-7-13-23(21)24-14-16-28(18-20-9-8-15-27-17-20)26(25(24)19-29)22-11-4-3-5-12-22/h3-13,15,17,24-26,29H,2,14,16,18-19H2,1H3/t24-,25-,26-/m0/s1. The molecule has 3 atom stereocenters. The molecule has 0 radical (unpaired) electrons. The molecule has 0 aliphatic carbocycles. The summed E-state index contributed by atoms with van der Waals surface area (Å²) in [7, 11) is 0. The highest BCUT2D eigenvalue weighted by Crippen LogP contribution is 2.45. The molecule has 2 heterocycles. The maximum Gasteiger partial charge on any atom is 0.0483 e. The Labute approximate surface area is 174 Å². The fourth-order valence-electron chi connectivity index (χ4n) is 4.99. The largest absolute Gasteiger partial charge is 0.396 e. The number of hydrogen-bond acceptors (Lipinski definition) is 3. The molecular weight excluding hydrogens is 356 g/mol. The highest BCUT2D eigenvalue weighted by Gasteiger charge is 2.39. The fraction of sp³-hybridized carbons (Fsp3) is 0.346. The van der Waals surface area contributed by atoms with Gasteiger partial charge in [-0.1, -0.05) is 67.6 Å². The Bertz CT molecular complexity index is 897. The van der Waals surface area contributed by atoms with E-state index in [-0.39, 0.29) is 18.6 Å². The van der Waals surface area contributed by atoms with Gasteiger partial charge in [-0.05, 0) is 53.6 Å². The molecule has 29 heavy (non-hydrogen) atoms. The first-order valence-electron chi connectivity index (χ1n) is 10.7. The Balaban J connectivity index is 1.71. The van der Waals surface area contributed by atoms with Gasteiger partial charge in [0.25, 0.3) is 0 Å². The Kier molecular flexibility index (Phi) is 6.38. The minimum absolute atomic E-state index is 0.163. The number of aromatic nitrogens is 1. The summed E-state index contributed by atoms with van der Waals surface area (Å²) < 4.78 is 0. The van der Waals surface area contributed by atoms with E-state index in [4.69, 9.17) is 0 Å². The summed E-state index contributed by atoms with van der Waals surface area (Å²) in [6.45, 7) is 4.27. The average Bonchev–Trinajstić information content (AvgIpc) is 2.80. The first kappa shape index (κ1) is 19.8. The van der Waals surface area contributed by atoms with Gasteiger partial charge in [-0.25, -0.2) is 0 Å². The minimum atomic E-state index is 0.163. The normalized spacial score (nSPS) is 22.5. The van der Waals surface area contributed by atoms with E-state index in [1.165, 1.54) is 22.3 Å². The second-order valence-corrected chi connectivity index (χ2v) is 7.98.